The summed E-state index contributed by atoms with van der Waals surface area (Å²) < 4.78 is 1.98. The van der Waals surface area contributed by atoms with E-state index in [1.54, 1.807) is 24.7 Å². The van der Waals surface area contributed by atoms with Crippen LogP contribution < -0.4 is 5.32 Å². The molecule has 0 saturated heterocycles. The molecule has 1 amide bonds. The second-order valence-electron chi connectivity index (χ2n) is 4.83. The molecule has 2 rings (SSSR count). The van der Waals surface area contributed by atoms with Gasteiger partial charge in [-0.3, -0.25) is 4.79 Å². The Kier molecular flexibility index (Phi) is 5.75. The van der Waals surface area contributed by atoms with Crippen LogP contribution in [0.5, 0.6) is 0 Å². The van der Waals surface area contributed by atoms with E-state index in [1.807, 2.05) is 10.8 Å². The van der Waals surface area contributed by atoms with Gasteiger partial charge in [-0.15, -0.1) is 0 Å². The Hall–Kier alpha value is -1.88. The smallest absolute Gasteiger partial charge is 0.251 e. The molecule has 0 unspecified atom stereocenters. The molecule has 0 bridgehead atoms. The summed E-state index contributed by atoms with van der Waals surface area (Å²) in [5.74, 6) is -0.109. The zero-order valence-electron chi connectivity index (χ0n) is 12.1. The van der Waals surface area contributed by atoms with E-state index in [4.69, 9.17) is 11.6 Å². The maximum atomic E-state index is 12.1. The Bertz CT molecular complexity index is 583. The minimum Gasteiger partial charge on any atom is -0.352 e. The van der Waals surface area contributed by atoms with Crippen molar-refractivity contribution in [1.82, 2.24) is 19.9 Å². The lowest BCUT2D eigenvalue weighted by molar-refractivity contribution is 0.0952. The third kappa shape index (κ3) is 4.86. The third-order valence-electron chi connectivity index (χ3n) is 3.05. The molecule has 0 aliphatic carbocycles. The molecular weight excluding hydrogens is 288 g/mol. The highest BCUT2D eigenvalue weighted by molar-refractivity contribution is 6.29. The molecule has 5 nitrogen and oxygen atoms in total. The molecule has 0 radical (unpaired) electrons. The number of nitrogens with zero attached hydrogens (tertiary/aromatic N) is 3. The minimum absolute atomic E-state index is 0.109. The summed E-state index contributed by atoms with van der Waals surface area (Å²) >= 11 is 5.96. The van der Waals surface area contributed by atoms with Crippen LogP contribution in [0, 0.1) is 0 Å². The molecule has 0 fully saturated rings. The maximum absolute atomic E-state index is 12.1. The number of amides is 1. The fourth-order valence-corrected chi connectivity index (χ4v) is 2.28. The van der Waals surface area contributed by atoms with Crippen LogP contribution in [0.2, 0.25) is 5.15 Å². The molecule has 0 spiro atoms. The van der Waals surface area contributed by atoms with Crippen LogP contribution in [0.3, 0.4) is 0 Å². The number of carbonyl (C=O) groups excluding carboxylic acids is 1. The van der Waals surface area contributed by atoms with Crippen LogP contribution in [0.25, 0.3) is 0 Å². The molecule has 0 atom stereocenters. The lowest BCUT2D eigenvalue weighted by Crippen LogP contribution is -2.25. The van der Waals surface area contributed by atoms with E-state index in [0.717, 1.165) is 31.5 Å². The largest absolute Gasteiger partial charge is 0.352 e. The first kappa shape index (κ1) is 15.5. The highest BCUT2D eigenvalue weighted by Crippen LogP contribution is 2.12. The predicted molar refractivity (Wildman–Crippen MR) is 82.4 cm³/mol. The van der Waals surface area contributed by atoms with Gasteiger partial charge in [-0.25, -0.2) is 9.97 Å². The lowest BCUT2D eigenvalue weighted by atomic mass is 10.1. The van der Waals surface area contributed by atoms with Crippen molar-refractivity contribution in [3.8, 4) is 0 Å². The number of nitrogens with one attached hydrogen (secondary N) is 1. The van der Waals surface area contributed by atoms with Crippen molar-refractivity contribution in [1.29, 1.82) is 0 Å². The molecule has 6 heteroatoms. The number of aromatic nitrogens is 3. The van der Waals surface area contributed by atoms with Gasteiger partial charge in [0.2, 0.25) is 0 Å². The number of rotatable bonds is 7. The molecule has 0 aliphatic rings. The zero-order valence-corrected chi connectivity index (χ0v) is 12.8. The van der Waals surface area contributed by atoms with Crippen molar-refractivity contribution in [3.05, 3.63) is 47.3 Å². The van der Waals surface area contributed by atoms with Crippen LogP contribution in [-0.4, -0.2) is 27.0 Å². The molecule has 21 heavy (non-hydrogen) atoms. The van der Waals surface area contributed by atoms with Crippen molar-refractivity contribution in [3.63, 3.8) is 0 Å². The standard InChI is InChI=1S/C15H19ClN4O/c1-2-4-13-9-12(10-14(16)19-13)15(21)18-5-3-7-20-8-6-17-11-20/h6,8-11H,2-5,7H2,1H3,(H,18,21). The van der Waals surface area contributed by atoms with E-state index in [9.17, 15) is 4.79 Å². The number of aryl methyl sites for hydroxylation is 2. The topological polar surface area (TPSA) is 59.8 Å². The van der Waals surface area contributed by atoms with Gasteiger partial charge in [0.1, 0.15) is 5.15 Å². The number of halogens is 1. The summed E-state index contributed by atoms with van der Waals surface area (Å²) in [6.45, 7) is 3.51. The van der Waals surface area contributed by atoms with E-state index >= 15 is 0 Å². The van der Waals surface area contributed by atoms with Crippen molar-refractivity contribution < 1.29 is 4.79 Å². The van der Waals surface area contributed by atoms with Gasteiger partial charge in [-0.05, 0) is 25.0 Å². The molecule has 2 aromatic heterocycles. The van der Waals surface area contributed by atoms with Crippen molar-refractivity contribution >= 4 is 17.5 Å². The van der Waals surface area contributed by atoms with Crippen LogP contribution in [0.1, 0.15) is 35.8 Å². The third-order valence-corrected chi connectivity index (χ3v) is 3.25. The molecule has 2 heterocycles. The second kappa shape index (κ2) is 7.78. The Morgan fingerprint density at radius 3 is 3.00 bits per heavy atom. The summed E-state index contributed by atoms with van der Waals surface area (Å²) in [5.41, 5.74) is 1.43. The number of hydrogen-bond acceptors (Lipinski definition) is 3. The van der Waals surface area contributed by atoms with Crippen molar-refractivity contribution in [2.75, 3.05) is 6.54 Å². The molecular formula is C15H19ClN4O. The van der Waals surface area contributed by atoms with Gasteiger partial charge in [0.05, 0.1) is 6.33 Å². The normalized spacial score (nSPS) is 10.6. The minimum atomic E-state index is -0.109. The summed E-state index contributed by atoms with van der Waals surface area (Å²) in [5, 5.41) is 3.26. The van der Waals surface area contributed by atoms with Crippen molar-refractivity contribution in [2.45, 2.75) is 32.7 Å². The summed E-state index contributed by atoms with van der Waals surface area (Å²) in [6.07, 6.45) is 8.05. The number of hydrogen-bond donors (Lipinski definition) is 1. The fraction of sp³-hybridized carbons (Fsp3) is 0.400. The van der Waals surface area contributed by atoms with Crippen LogP contribution in [-0.2, 0) is 13.0 Å². The van der Waals surface area contributed by atoms with E-state index in [1.165, 1.54) is 0 Å². The first-order valence-electron chi connectivity index (χ1n) is 7.09. The average molecular weight is 307 g/mol. The van der Waals surface area contributed by atoms with Crippen LogP contribution >= 0.6 is 11.6 Å². The van der Waals surface area contributed by atoms with Gasteiger partial charge in [-0.1, -0.05) is 24.9 Å². The van der Waals surface area contributed by atoms with Gasteiger partial charge in [0.15, 0.2) is 0 Å². The van der Waals surface area contributed by atoms with Gasteiger partial charge >= 0.3 is 0 Å². The Labute approximate surface area is 129 Å². The summed E-state index contributed by atoms with van der Waals surface area (Å²) in [4.78, 5) is 20.3. The molecule has 112 valence electrons. The number of imidazole rings is 1. The molecule has 0 aromatic carbocycles. The Morgan fingerprint density at radius 2 is 2.29 bits per heavy atom. The Morgan fingerprint density at radius 1 is 1.43 bits per heavy atom. The highest BCUT2D eigenvalue weighted by atomic mass is 35.5. The second-order valence-corrected chi connectivity index (χ2v) is 5.22. The maximum Gasteiger partial charge on any atom is 0.251 e. The predicted octanol–water partition coefficient (Wildman–Crippen LogP) is 2.70. The molecule has 0 saturated carbocycles. The lowest BCUT2D eigenvalue weighted by Gasteiger charge is -2.07. The first-order valence-corrected chi connectivity index (χ1v) is 7.47. The number of carbonyl (C=O) groups is 1. The monoisotopic (exact) mass is 306 g/mol. The van der Waals surface area contributed by atoms with Crippen molar-refractivity contribution in [2.24, 2.45) is 0 Å². The fourth-order valence-electron chi connectivity index (χ4n) is 2.05. The molecule has 1 N–H and O–H groups in total. The molecule has 0 aliphatic heterocycles. The van der Waals surface area contributed by atoms with E-state index in [2.05, 4.69) is 22.2 Å². The highest BCUT2D eigenvalue weighted by Gasteiger charge is 2.08. The van der Waals surface area contributed by atoms with Crippen LogP contribution in [0.4, 0.5) is 0 Å². The summed E-state index contributed by atoms with van der Waals surface area (Å²) in [6, 6.07) is 3.41. The van der Waals surface area contributed by atoms with Gasteiger partial charge < -0.3 is 9.88 Å². The van der Waals surface area contributed by atoms with E-state index in [0.29, 0.717) is 17.3 Å². The molecule has 2 aromatic rings. The van der Waals surface area contributed by atoms with E-state index in [-0.39, 0.29) is 5.91 Å². The van der Waals surface area contributed by atoms with Gasteiger partial charge in [0, 0.05) is 36.7 Å². The quantitative estimate of drug-likeness (QED) is 0.632. The first-order chi connectivity index (χ1) is 10.2. The van der Waals surface area contributed by atoms with Gasteiger partial charge in [-0.2, -0.15) is 0 Å². The van der Waals surface area contributed by atoms with Crippen LogP contribution in [0.15, 0.2) is 30.9 Å². The average Bonchev–Trinajstić information content (AvgIpc) is 2.96. The zero-order chi connectivity index (χ0) is 15.1. The van der Waals surface area contributed by atoms with E-state index < -0.39 is 0 Å². The van der Waals surface area contributed by atoms with Gasteiger partial charge in [0.25, 0.3) is 5.91 Å². The summed E-state index contributed by atoms with van der Waals surface area (Å²) in [7, 11) is 0. The number of pyridine rings is 1. The Balaban J connectivity index is 1.85. The SMILES string of the molecule is CCCc1cc(C(=O)NCCCn2ccnc2)cc(Cl)n1.